The highest BCUT2D eigenvalue weighted by Gasteiger charge is 2.40. The van der Waals surface area contributed by atoms with Crippen LogP contribution in [0.15, 0.2) is 0 Å². The molecule has 100 valence electrons. The van der Waals surface area contributed by atoms with E-state index in [1.54, 1.807) is 0 Å². The van der Waals surface area contributed by atoms with Gasteiger partial charge >= 0.3 is 0 Å². The quantitative estimate of drug-likeness (QED) is 0.836. The standard InChI is InChI=1S/C14H27NOS/c1-3-4-13(15-2)12-5-8-16-14(11-12)6-9-17-10-7-14/h12-13,15H,3-11H2,1-2H3. The fraction of sp³-hybridized carbons (Fsp3) is 1.00. The molecule has 0 aromatic carbocycles. The van der Waals surface area contributed by atoms with Crippen molar-refractivity contribution in [2.24, 2.45) is 5.92 Å². The lowest BCUT2D eigenvalue weighted by Crippen LogP contribution is -2.47. The molecule has 0 radical (unpaired) electrons. The van der Waals surface area contributed by atoms with E-state index < -0.39 is 0 Å². The van der Waals surface area contributed by atoms with Crippen molar-refractivity contribution in [3.63, 3.8) is 0 Å². The van der Waals surface area contributed by atoms with Gasteiger partial charge in [-0.05, 0) is 56.6 Å². The molecule has 0 aromatic heterocycles. The molecule has 1 N–H and O–H groups in total. The maximum Gasteiger partial charge on any atom is 0.0701 e. The Morgan fingerprint density at radius 1 is 1.41 bits per heavy atom. The third kappa shape index (κ3) is 3.39. The molecule has 0 aliphatic carbocycles. The summed E-state index contributed by atoms with van der Waals surface area (Å²) in [6, 6.07) is 0.704. The lowest BCUT2D eigenvalue weighted by molar-refractivity contribution is -0.107. The van der Waals surface area contributed by atoms with Crippen LogP contribution in [0.25, 0.3) is 0 Å². The van der Waals surface area contributed by atoms with Crippen LogP contribution in [0.5, 0.6) is 0 Å². The van der Waals surface area contributed by atoms with E-state index in [4.69, 9.17) is 4.74 Å². The Labute approximate surface area is 110 Å². The van der Waals surface area contributed by atoms with Crippen LogP contribution in [0.1, 0.15) is 45.4 Å². The van der Waals surface area contributed by atoms with Gasteiger partial charge in [0.2, 0.25) is 0 Å². The van der Waals surface area contributed by atoms with Gasteiger partial charge in [-0.2, -0.15) is 11.8 Å². The second kappa shape index (κ2) is 6.44. The van der Waals surface area contributed by atoms with E-state index in [-0.39, 0.29) is 5.60 Å². The van der Waals surface area contributed by atoms with Crippen LogP contribution in [0, 0.1) is 5.92 Å². The molecule has 2 unspecified atom stereocenters. The summed E-state index contributed by atoms with van der Waals surface area (Å²) < 4.78 is 6.17. The number of rotatable bonds is 4. The van der Waals surface area contributed by atoms with Crippen molar-refractivity contribution >= 4 is 11.8 Å². The van der Waals surface area contributed by atoms with Gasteiger partial charge in [0.05, 0.1) is 5.60 Å². The normalized spacial score (nSPS) is 30.4. The lowest BCUT2D eigenvalue weighted by atomic mass is 9.77. The number of ether oxygens (including phenoxy) is 1. The summed E-state index contributed by atoms with van der Waals surface area (Å²) in [6.07, 6.45) is 7.69. The average molecular weight is 257 g/mol. The Morgan fingerprint density at radius 2 is 2.18 bits per heavy atom. The van der Waals surface area contributed by atoms with E-state index in [0.29, 0.717) is 6.04 Å². The van der Waals surface area contributed by atoms with Gasteiger partial charge in [-0.3, -0.25) is 0 Å². The number of hydrogen-bond donors (Lipinski definition) is 1. The summed E-state index contributed by atoms with van der Waals surface area (Å²) >= 11 is 2.09. The highest BCUT2D eigenvalue weighted by molar-refractivity contribution is 7.99. The van der Waals surface area contributed by atoms with Crippen LogP contribution in [-0.2, 0) is 4.74 Å². The van der Waals surface area contributed by atoms with E-state index >= 15 is 0 Å². The van der Waals surface area contributed by atoms with Crippen molar-refractivity contribution in [2.75, 3.05) is 25.2 Å². The minimum absolute atomic E-state index is 0.247. The predicted octanol–water partition coefficient (Wildman–Crippen LogP) is 3.07. The van der Waals surface area contributed by atoms with Crippen LogP contribution >= 0.6 is 11.8 Å². The SMILES string of the molecule is CCCC(NC)C1CCOC2(CCSCC2)C1. The third-order valence-corrected chi connectivity index (χ3v) is 5.46. The van der Waals surface area contributed by atoms with Crippen molar-refractivity contribution < 1.29 is 4.74 Å². The van der Waals surface area contributed by atoms with E-state index in [2.05, 4.69) is 31.1 Å². The number of nitrogens with one attached hydrogen (secondary N) is 1. The first-order valence-electron chi connectivity index (χ1n) is 7.18. The van der Waals surface area contributed by atoms with Gasteiger partial charge in [0.1, 0.15) is 0 Å². The molecule has 0 saturated carbocycles. The summed E-state index contributed by atoms with van der Waals surface area (Å²) in [5, 5.41) is 3.53. The number of hydrogen-bond acceptors (Lipinski definition) is 3. The Morgan fingerprint density at radius 3 is 2.82 bits per heavy atom. The van der Waals surface area contributed by atoms with Crippen LogP contribution in [0.2, 0.25) is 0 Å². The molecule has 2 saturated heterocycles. The molecule has 2 aliphatic rings. The van der Waals surface area contributed by atoms with Gasteiger partial charge in [-0.15, -0.1) is 0 Å². The zero-order valence-electron chi connectivity index (χ0n) is 11.3. The first-order valence-corrected chi connectivity index (χ1v) is 8.34. The average Bonchev–Trinajstić information content (AvgIpc) is 2.37. The molecule has 1 spiro atoms. The van der Waals surface area contributed by atoms with Gasteiger partial charge in [-0.1, -0.05) is 13.3 Å². The molecule has 2 fully saturated rings. The van der Waals surface area contributed by atoms with Gasteiger partial charge in [0, 0.05) is 12.6 Å². The largest absolute Gasteiger partial charge is 0.375 e. The first kappa shape index (κ1) is 13.7. The molecule has 2 heterocycles. The maximum atomic E-state index is 6.17. The Kier molecular flexibility index (Phi) is 5.19. The van der Waals surface area contributed by atoms with Gasteiger partial charge in [-0.25, -0.2) is 0 Å². The second-order valence-corrected chi connectivity index (χ2v) is 6.81. The molecule has 2 rings (SSSR count). The van der Waals surface area contributed by atoms with Gasteiger partial charge in [0.25, 0.3) is 0 Å². The third-order valence-electron chi connectivity index (χ3n) is 4.47. The second-order valence-electron chi connectivity index (χ2n) is 5.58. The maximum absolute atomic E-state index is 6.17. The van der Waals surface area contributed by atoms with E-state index in [9.17, 15) is 0 Å². The minimum atomic E-state index is 0.247. The molecule has 2 atom stereocenters. The molecule has 17 heavy (non-hydrogen) atoms. The number of thioether (sulfide) groups is 1. The highest BCUT2D eigenvalue weighted by Crippen LogP contribution is 2.41. The zero-order chi connectivity index (χ0) is 12.1. The zero-order valence-corrected chi connectivity index (χ0v) is 12.2. The minimum Gasteiger partial charge on any atom is -0.375 e. The predicted molar refractivity (Wildman–Crippen MR) is 75.7 cm³/mol. The molecular formula is C14H27NOS. The fourth-order valence-electron chi connectivity index (χ4n) is 3.43. The molecular weight excluding hydrogens is 230 g/mol. The van der Waals surface area contributed by atoms with Gasteiger partial charge < -0.3 is 10.1 Å². The topological polar surface area (TPSA) is 21.3 Å². The summed E-state index contributed by atoms with van der Waals surface area (Å²) in [7, 11) is 2.12. The van der Waals surface area contributed by atoms with Crippen molar-refractivity contribution in [1.82, 2.24) is 5.32 Å². The molecule has 2 aliphatic heterocycles. The van der Waals surface area contributed by atoms with E-state index in [1.165, 1.54) is 50.0 Å². The van der Waals surface area contributed by atoms with Gasteiger partial charge in [0.15, 0.2) is 0 Å². The molecule has 2 nitrogen and oxygen atoms in total. The lowest BCUT2D eigenvalue weighted by Gasteiger charge is -2.45. The van der Waals surface area contributed by atoms with Crippen LogP contribution in [-0.4, -0.2) is 36.8 Å². The molecule has 0 aromatic rings. The highest BCUT2D eigenvalue weighted by atomic mass is 32.2. The smallest absolute Gasteiger partial charge is 0.0701 e. The van der Waals surface area contributed by atoms with Crippen molar-refractivity contribution in [3.05, 3.63) is 0 Å². The van der Waals surface area contributed by atoms with Crippen molar-refractivity contribution in [3.8, 4) is 0 Å². The van der Waals surface area contributed by atoms with Crippen LogP contribution in [0.4, 0.5) is 0 Å². The summed E-state index contributed by atoms with van der Waals surface area (Å²) in [6.45, 7) is 3.27. The van der Waals surface area contributed by atoms with Crippen LogP contribution < -0.4 is 5.32 Å². The fourth-order valence-corrected chi connectivity index (χ4v) is 4.66. The monoisotopic (exact) mass is 257 g/mol. The Hall–Kier alpha value is 0.270. The molecule has 0 bridgehead atoms. The Balaban J connectivity index is 1.95. The summed E-state index contributed by atoms with van der Waals surface area (Å²) in [5.41, 5.74) is 0.247. The van der Waals surface area contributed by atoms with E-state index in [0.717, 1.165) is 12.5 Å². The van der Waals surface area contributed by atoms with Crippen LogP contribution in [0.3, 0.4) is 0 Å². The first-order chi connectivity index (χ1) is 8.29. The molecule has 0 amide bonds. The molecule has 3 heteroatoms. The summed E-state index contributed by atoms with van der Waals surface area (Å²) in [5.74, 6) is 3.42. The summed E-state index contributed by atoms with van der Waals surface area (Å²) in [4.78, 5) is 0. The van der Waals surface area contributed by atoms with Crippen molar-refractivity contribution in [1.29, 1.82) is 0 Å². The van der Waals surface area contributed by atoms with Crippen molar-refractivity contribution in [2.45, 2.75) is 57.1 Å². The van der Waals surface area contributed by atoms with E-state index in [1.807, 2.05) is 0 Å². The Bertz CT molecular complexity index is 223.